The third-order valence-electron chi connectivity index (χ3n) is 4.44. The maximum Gasteiger partial charge on any atom is 0.231 e. The third kappa shape index (κ3) is 5.41. The Morgan fingerprint density at radius 2 is 1.86 bits per heavy atom. The van der Waals surface area contributed by atoms with Crippen molar-refractivity contribution >= 4 is 46.7 Å². The number of hydrogen-bond acceptors (Lipinski definition) is 5. The van der Waals surface area contributed by atoms with Crippen molar-refractivity contribution in [2.24, 2.45) is 4.99 Å². The molecule has 29 heavy (non-hydrogen) atoms. The summed E-state index contributed by atoms with van der Waals surface area (Å²) in [6, 6.07) is 18.1. The van der Waals surface area contributed by atoms with E-state index in [0.29, 0.717) is 6.54 Å². The lowest BCUT2D eigenvalue weighted by Crippen LogP contribution is -2.39. The quantitative estimate of drug-likeness (QED) is 0.207. The summed E-state index contributed by atoms with van der Waals surface area (Å²) >= 11 is 0. The Morgan fingerprint density at radius 1 is 1.00 bits per heavy atom. The monoisotopic (exact) mass is 505 g/mol. The van der Waals surface area contributed by atoms with Gasteiger partial charge in [-0.25, -0.2) is 4.98 Å². The van der Waals surface area contributed by atoms with Gasteiger partial charge in [0, 0.05) is 32.1 Å². The highest BCUT2D eigenvalue weighted by molar-refractivity contribution is 14.0. The molecule has 2 aromatic carbocycles. The average molecular weight is 505 g/mol. The van der Waals surface area contributed by atoms with E-state index in [1.54, 1.807) is 7.05 Å². The third-order valence-corrected chi connectivity index (χ3v) is 4.44. The number of nitrogens with one attached hydrogen (secondary N) is 3. The minimum Gasteiger partial charge on any atom is -0.454 e. The van der Waals surface area contributed by atoms with Crippen molar-refractivity contribution in [2.75, 3.05) is 32.2 Å². The Bertz CT molecular complexity index is 996. The second kappa shape index (κ2) is 10.1. The predicted octanol–water partition coefficient (Wildman–Crippen LogP) is 3.36. The summed E-state index contributed by atoms with van der Waals surface area (Å²) in [5.41, 5.74) is 2.09. The van der Waals surface area contributed by atoms with Crippen LogP contribution in [-0.2, 0) is 6.54 Å². The Balaban J connectivity index is 0.00000240. The summed E-state index contributed by atoms with van der Waals surface area (Å²) in [5, 5.41) is 11.1. The predicted molar refractivity (Wildman–Crippen MR) is 126 cm³/mol. The highest BCUT2D eigenvalue weighted by Gasteiger charge is 2.13. The molecule has 0 aliphatic carbocycles. The van der Waals surface area contributed by atoms with Crippen LogP contribution in [0.3, 0.4) is 0 Å². The zero-order chi connectivity index (χ0) is 19.2. The summed E-state index contributed by atoms with van der Waals surface area (Å²) in [7, 11) is 1.76. The zero-order valence-electron chi connectivity index (χ0n) is 16.1. The highest BCUT2D eigenvalue weighted by atomic mass is 127. The number of ether oxygens (including phenoxy) is 2. The first kappa shape index (κ1) is 21.0. The minimum atomic E-state index is 0. The van der Waals surface area contributed by atoms with Crippen LogP contribution in [0, 0.1) is 0 Å². The topological polar surface area (TPSA) is 79.8 Å². The van der Waals surface area contributed by atoms with Gasteiger partial charge in [0.1, 0.15) is 5.82 Å². The number of rotatable bonds is 6. The van der Waals surface area contributed by atoms with E-state index in [1.807, 2.05) is 42.5 Å². The largest absolute Gasteiger partial charge is 0.454 e. The molecule has 0 unspecified atom stereocenters. The molecule has 0 spiro atoms. The van der Waals surface area contributed by atoms with Crippen LogP contribution in [0.4, 0.5) is 5.82 Å². The fraction of sp³-hybridized carbons (Fsp3) is 0.238. The normalized spacial score (nSPS) is 12.4. The van der Waals surface area contributed by atoms with E-state index < -0.39 is 0 Å². The Labute approximate surface area is 186 Å². The summed E-state index contributed by atoms with van der Waals surface area (Å²) in [6.45, 7) is 2.38. The van der Waals surface area contributed by atoms with Gasteiger partial charge in [-0.15, -0.1) is 24.0 Å². The van der Waals surface area contributed by atoms with Crippen molar-refractivity contribution < 1.29 is 9.47 Å². The molecular formula is C21H24IN5O2. The molecule has 2 heterocycles. The second-order valence-electron chi connectivity index (χ2n) is 6.36. The highest BCUT2D eigenvalue weighted by Crippen LogP contribution is 2.32. The summed E-state index contributed by atoms with van der Waals surface area (Å²) in [5.74, 6) is 3.18. The van der Waals surface area contributed by atoms with Crippen molar-refractivity contribution in [3.8, 4) is 11.5 Å². The SMILES string of the molecule is CN=C(NCCNc1ccc2ccccc2n1)NCc1ccc2c(c1)OCO2.I. The first-order valence-electron chi connectivity index (χ1n) is 9.24. The van der Waals surface area contributed by atoms with E-state index in [1.165, 1.54) is 0 Å². The molecule has 1 aliphatic rings. The molecule has 0 amide bonds. The Kier molecular flexibility index (Phi) is 7.34. The second-order valence-corrected chi connectivity index (χ2v) is 6.36. The average Bonchev–Trinajstić information content (AvgIpc) is 3.21. The van der Waals surface area contributed by atoms with Gasteiger partial charge in [0.2, 0.25) is 6.79 Å². The van der Waals surface area contributed by atoms with Crippen LogP contribution in [0.15, 0.2) is 59.6 Å². The van der Waals surface area contributed by atoms with Gasteiger partial charge in [0.25, 0.3) is 0 Å². The number of aliphatic imine (C=N–C) groups is 1. The van der Waals surface area contributed by atoms with Gasteiger partial charge < -0.3 is 25.4 Å². The van der Waals surface area contributed by atoms with Crippen LogP contribution >= 0.6 is 24.0 Å². The van der Waals surface area contributed by atoms with E-state index in [9.17, 15) is 0 Å². The van der Waals surface area contributed by atoms with Gasteiger partial charge in [-0.3, -0.25) is 4.99 Å². The molecule has 7 nitrogen and oxygen atoms in total. The molecule has 3 aromatic rings. The molecule has 4 rings (SSSR count). The molecule has 8 heteroatoms. The molecule has 1 aliphatic heterocycles. The van der Waals surface area contributed by atoms with Crippen LogP contribution in [-0.4, -0.2) is 37.9 Å². The van der Waals surface area contributed by atoms with E-state index in [0.717, 1.165) is 52.8 Å². The lowest BCUT2D eigenvalue weighted by atomic mass is 10.2. The number of halogens is 1. The van der Waals surface area contributed by atoms with Crippen molar-refractivity contribution in [3.05, 3.63) is 60.2 Å². The van der Waals surface area contributed by atoms with Gasteiger partial charge in [0.05, 0.1) is 5.52 Å². The van der Waals surface area contributed by atoms with Gasteiger partial charge in [-0.05, 0) is 35.9 Å². The van der Waals surface area contributed by atoms with Crippen molar-refractivity contribution in [2.45, 2.75) is 6.54 Å². The number of benzene rings is 2. The molecule has 0 saturated carbocycles. The molecule has 0 atom stereocenters. The van der Waals surface area contributed by atoms with Crippen LogP contribution in [0.25, 0.3) is 10.9 Å². The van der Waals surface area contributed by atoms with Gasteiger partial charge in [-0.2, -0.15) is 0 Å². The number of nitrogens with zero attached hydrogens (tertiary/aromatic N) is 2. The maximum atomic E-state index is 5.41. The molecule has 1 aromatic heterocycles. The van der Waals surface area contributed by atoms with E-state index >= 15 is 0 Å². The molecule has 152 valence electrons. The lowest BCUT2D eigenvalue weighted by Gasteiger charge is -2.13. The lowest BCUT2D eigenvalue weighted by molar-refractivity contribution is 0.174. The number of hydrogen-bond donors (Lipinski definition) is 3. The Hall–Kier alpha value is -2.75. The zero-order valence-corrected chi connectivity index (χ0v) is 18.5. The Morgan fingerprint density at radius 3 is 2.76 bits per heavy atom. The molecular weight excluding hydrogens is 481 g/mol. The molecule has 0 fully saturated rings. The standard InChI is InChI=1S/C21H23N5O2.HI/c1-22-21(25-13-15-6-8-18-19(12-15)28-14-27-18)24-11-10-23-20-9-7-16-4-2-3-5-17(16)26-20;/h2-9,12H,10-11,13-14H2,1H3,(H,23,26)(H2,22,24,25);1H. The van der Waals surface area contributed by atoms with Gasteiger partial charge >= 0.3 is 0 Å². The van der Waals surface area contributed by atoms with Gasteiger partial charge in [-0.1, -0.05) is 24.3 Å². The van der Waals surface area contributed by atoms with Crippen LogP contribution < -0.4 is 25.4 Å². The first-order valence-corrected chi connectivity index (χ1v) is 9.24. The smallest absolute Gasteiger partial charge is 0.231 e. The summed E-state index contributed by atoms with van der Waals surface area (Å²) < 4.78 is 10.7. The number of guanidine groups is 1. The van der Waals surface area contributed by atoms with Crippen LogP contribution in [0.5, 0.6) is 11.5 Å². The minimum absolute atomic E-state index is 0. The van der Waals surface area contributed by atoms with Gasteiger partial charge in [0.15, 0.2) is 17.5 Å². The number of para-hydroxylation sites is 1. The maximum absolute atomic E-state index is 5.41. The number of fused-ring (bicyclic) bond motifs is 2. The fourth-order valence-corrected chi connectivity index (χ4v) is 2.99. The number of pyridine rings is 1. The molecule has 0 saturated heterocycles. The van der Waals surface area contributed by atoms with Crippen LogP contribution in [0.2, 0.25) is 0 Å². The van der Waals surface area contributed by atoms with E-state index in [-0.39, 0.29) is 30.8 Å². The molecule has 0 bridgehead atoms. The van der Waals surface area contributed by atoms with E-state index in [4.69, 9.17) is 9.47 Å². The number of anilines is 1. The fourth-order valence-electron chi connectivity index (χ4n) is 2.99. The van der Waals surface area contributed by atoms with Crippen molar-refractivity contribution in [1.82, 2.24) is 15.6 Å². The van der Waals surface area contributed by atoms with Crippen molar-refractivity contribution in [3.63, 3.8) is 0 Å². The summed E-state index contributed by atoms with van der Waals surface area (Å²) in [6.07, 6.45) is 0. The first-order chi connectivity index (χ1) is 13.8. The molecule has 0 radical (unpaired) electrons. The van der Waals surface area contributed by atoms with E-state index in [2.05, 4.69) is 38.1 Å². The molecule has 3 N–H and O–H groups in total. The van der Waals surface area contributed by atoms with Crippen LogP contribution in [0.1, 0.15) is 5.56 Å². The van der Waals surface area contributed by atoms with Crippen molar-refractivity contribution in [1.29, 1.82) is 0 Å². The summed E-state index contributed by atoms with van der Waals surface area (Å²) in [4.78, 5) is 8.87. The number of aromatic nitrogens is 1.